The molecule has 0 aliphatic heterocycles. The van der Waals surface area contributed by atoms with E-state index in [1.807, 2.05) is 0 Å². The van der Waals surface area contributed by atoms with Crippen molar-refractivity contribution in [3.63, 3.8) is 0 Å². The Kier molecular flexibility index (Phi) is 6.94. The first-order valence-corrected chi connectivity index (χ1v) is 12.7. The number of carbonyl (C=O) groups excluding carboxylic acids is 1. The molecular formula is C22H16BrCl2N5O3S. The quantitative estimate of drug-likeness (QED) is 0.304. The van der Waals surface area contributed by atoms with Gasteiger partial charge in [-0.05, 0) is 83.0 Å². The van der Waals surface area contributed by atoms with E-state index in [2.05, 4.69) is 36.1 Å². The summed E-state index contributed by atoms with van der Waals surface area (Å²) < 4.78 is 29.5. The highest BCUT2D eigenvalue weighted by atomic mass is 79.9. The van der Waals surface area contributed by atoms with Gasteiger partial charge in [-0.1, -0.05) is 23.2 Å². The number of carbonyl (C=O) groups is 1. The number of nitrogens with zero attached hydrogens (tertiary/aromatic N) is 3. The van der Waals surface area contributed by atoms with Crippen molar-refractivity contribution >= 4 is 66.4 Å². The van der Waals surface area contributed by atoms with Gasteiger partial charge in [0, 0.05) is 28.7 Å². The van der Waals surface area contributed by atoms with Gasteiger partial charge in [-0.15, -0.1) is 0 Å². The van der Waals surface area contributed by atoms with Crippen LogP contribution in [0.1, 0.15) is 16.1 Å². The van der Waals surface area contributed by atoms with Gasteiger partial charge >= 0.3 is 0 Å². The third-order valence-electron chi connectivity index (χ3n) is 4.70. The number of sulfonamides is 1. The van der Waals surface area contributed by atoms with Gasteiger partial charge < -0.3 is 5.32 Å². The van der Waals surface area contributed by atoms with Crippen LogP contribution in [-0.4, -0.2) is 29.1 Å². The lowest BCUT2D eigenvalue weighted by Crippen LogP contribution is -2.18. The van der Waals surface area contributed by atoms with E-state index in [1.165, 1.54) is 28.9 Å². The lowest BCUT2D eigenvalue weighted by atomic mass is 10.2. The maximum atomic E-state index is 13.0. The molecule has 2 heterocycles. The predicted octanol–water partition coefficient (Wildman–Crippen LogP) is 5.70. The second-order valence-electron chi connectivity index (χ2n) is 7.12. The van der Waals surface area contributed by atoms with Crippen LogP contribution in [0.2, 0.25) is 10.0 Å². The van der Waals surface area contributed by atoms with E-state index in [-0.39, 0.29) is 10.6 Å². The number of aromatic nitrogens is 3. The van der Waals surface area contributed by atoms with Gasteiger partial charge in [0.2, 0.25) is 0 Å². The van der Waals surface area contributed by atoms with Gasteiger partial charge in [0.05, 0.1) is 9.92 Å². The van der Waals surface area contributed by atoms with Crippen LogP contribution in [0.15, 0.2) is 76.4 Å². The monoisotopic (exact) mass is 579 g/mol. The molecule has 4 aromatic rings. The number of anilines is 2. The van der Waals surface area contributed by atoms with Crippen molar-refractivity contribution < 1.29 is 13.2 Å². The number of halogens is 3. The van der Waals surface area contributed by atoms with E-state index in [0.29, 0.717) is 37.4 Å². The summed E-state index contributed by atoms with van der Waals surface area (Å²) in [7, 11) is -3.80. The summed E-state index contributed by atoms with van der Waals surface area (Å²) in [5, 5.41) is 7.84. The van der Waals surface area contributed by atoms with Crippen LogP contribution in [0.4, 0.5) is 11.4 Å². The molecular weight excluding hydrogens is 565 g/mol. The third kappa shape index (κ3) is 5.25. The molecule has 0 aliphatic rings. The Morgan fingerprint density at radius 1 is 1.06 bits per heavy atom. The fraction of sp³-hybridized carbons (Fsp3) is 0.0455. The number of hydrogen-bond acceptors (Lipinski definition) is 5. The van der Waals surface area contributed by atoms with Crippen molar-refractivity contribution in [3.05, 3.63) is 92.8 Å². The molecule has 0 unspecified atom stereocenters. The van der Waals surface area contributed by atoms with Crippen molar-refractivity contribution in [2.24, 2.45) is 0 Å². The Bertz CT molecular complexity index is 1490. The highest BCUT2D eigenvalue weighted by molar-refractivity contribution is 9.10. The van der Waals surface area contributed by atoms with Crippen LogP contribution in [-0.2, 0) is 10.0 Å². The van der Waals surface area contributed by atoms with Crippen molar-refractivity contribution in [1.29, 1.82) is 0 Å². The Hall–Kier alpha value is -2.92. The van der Waals surface area contributed by atoms with Crippen molar-refractivity contribution in [2.45, 2.75) is 11.8 Å². The van der Waals surface area contributed by atoms with Gasteiger partial charge in [0.1, 0.15) is 10.3 Å². The molecule has 12 heteroatoms. The molecule has 0 saturated heterocycles. The van der Waals surface area contributed by atoms with Crippen LogP contribution in [0, 0.1) is 6.92 Å². The minimum atomic E-state index is -3.80. The van der Waals surface area contributed by atoms with Crippen molar-refractivity contribution in [2.75, 3.05) is 10.0 Å². The molecule has 0 aliphatic carbocycles. The fourth-order valence-electron chi connectivity index (χ4n) is 3.09. The smallest absolute Gasteiger partial charge is 0.274 e. The second kappa shape index (κ2) is 9.75. The normalized spacial score (nSPS) is 11.3. The lowest BCUT2D eigenvalue weighted by molar-refractivity contribution is 0.101. The maximum absolute atomic E-state index is 13.0. The molecule has 174 valence electrons. The van der Waals surface area contributed by atoms with E-state index >= 15 is 0 Å². The molecule has 2 N–H and O–H groups in total. The minimum absolute atomic E-state index is 0.0824. The van der Waals surface area contributed by atoms with Gasteiger partial charge in [-0.25, -0.2) is 18.1 Å². The molecule has 0 radical (unpaired) electrons. The number of nitrogens with one attached hydrogen (secondary N) is 2. The number of aryl methyl sites for hydroxylation is 1. The molecule has 0 atom stereocenters. The van der Waals surface area contributed by atoms with Crippen LogP contribution in [0.25, 0.3) is 5.82 Å². The lowest BCUT2D eigenvalue weighted by Gasteiger charge is -2.13. The molecule has 0 spiro atoms. The molecule has 34 heavy (non-hydrogen) atoms. The van der Waals surface area contributed by atoms with Crippen molar-refractivity contribution in [3.8, 4) is 5.82 Å². The first kappa shape index (κ1) is 24.2. The molecule has 0 bridgehead atoms. The summed E-state index contributed by atoms with van der Waals surface area (Å²) in [6, 6.07) is 15.5. The number of hydrogen-bond donors (Lipinski definition) is 2. The summed E-state index contributed by atoms with van der Waals surface area (Å²) >= 11 is 15.3. The Labute approximate surface area is 214 Å². The van der Waals surface area contributed by atoms with Crippen LogP contribution < -0.4 is 10.0 Å². The van der Waals surface area contributed by atoms with E-state index in [4.69, 9.17) is 23.2 Å². The maximum Gasteiger partial charge on any atom is 0.274 e. The number of rotatable bonds is 6. The summed E-state index contributed by atoms with van der Waals surface area (Å²) in [6.45, 7) is 1.75. The molecule has 0 fully saturated rings. The SMILES string of the molecule is Cc1cc(NS(=O)(=O)c2ccc(Cl)cc2)ccc1NC(=O)c1cc(Br)nn1-c1ncccc1Cl. The molecule has 4 rings (SSSR count). The third-order valence-corrected chi connectivity index (χ3v) is 7.03. The van der Waals surface area contributed by atoms with E-state index in [0.717, 1.165) is 0 Å². The highest BCUT2D eigenvalue weighted by Crippen LogP contribution is 2.25. The van der Waals surface area contributed by atoms with Crippen LogP contribution in [0.5, 0.6) is 0 Å². The molecule has 0 saturated carbocycles. The standard InChI is InChI=1S/C22H16BrCl2N5O3S/c1-13-11-15(29-34(32,33)16-7-4-14(24)5-8-16)6-9-18(13)27-22(31)19-12-20(23)28-30(19)21-17(25)3-2-10-26-21/h2-12,29H,1H3,(H,27,31). The van der Waals surface area contributed by atoms with Crippen LogP contribution in [0.3, 0.4) is 0 Å². The van der Waals surface area contributed by atoms with E-state index in [1.54, 1.807) is 49.5 Å². The van der Waals surface area contributed by atoms with Gasteiger partial charge in [0.15, 0.2) is 5.82 Å². The van der Waals surface area contributed by atoms with Crippen LogP contribution >= 0.6 is 39.1 Å². The zero-order valence-corrected chi connectivity index (χ0v) is 21.4. The summed E-state index contributed by atoms with van der Waals surface area (Å²) in [6.07, 6.45) is 1.55. The van der Waals surface area contributed by atoms with Gasteiger partial charge in [-0.3, -0.25) is 9.52 Å². The minimum Gasteiger partial charge on any atom is -0.320 e. The summed E-state index contributed by atoms with van der Waals surface area (Å²) in [5.41, 5.74) is 1.69. The molecule has 2 aromatic carbocycles. The topological polar surface area (TPSA) is 106 Å². The van der Waals surface area contributed by atoms with Crippen molar-refractivity contribution in [1.82, 2.24) is 14.8 Å². The summed E-state index contributed by atoms with van der Waals surface area (Å²) in [4.78, 5) is 17.3. The molecule has 8 nitrogen and oxygen atoms in total. The Balaban J connectivity index is 1.56. The average molecular weight is 581 g/mol. The molecule has 2 aromatic heterocycles. The highest BCUT2D eigenvalue weighted by Gasteiger charge is 2.20. The van der Waals surface area contributed by atoms with E-state index < -0.39 is 15.9 Å². The van der Waals surface area contributed by atoms with Gasteiger partial charge in [-0.2, -0.15) is 5.10 Å². The Morgan fingerprint density at radius 2 is 1.79 bits per heavy atom. The largest absolute Gasteiger partial charge is 0.320 e. The number of amides is 1. The number of benzene rings is 2. The Morgan fingerprint density at radius 3 is 2.47 bits per heavy atom. The first-order valence-electron chi connectivity index (χ1n) is 9.71. The van der Waals surface area contributed by atoms with Gasteiger partial charge in [0.25, 0.3) is 15.9 Å². The molecule has 1 amide bonds. The fourth-order valence-corrected chi connectivity index (χ4v) is 4.84. The summed E-state index contributed by atoms with van der Waals surface area (Å²) in [5.74, 6) is -0.138. The zero-order chi connectivity index (χ0) is 24.5. The van der Waals surface area contributed by atoms with E-state index in [9.17, 15) is 13.2 Å². The predicted molar refractivity (Wildman–Crippen MR) is 135 cm³/mol. The average Bonchev–Trinajstić information content (AvgIpc) is 3.17. The second-order valence-corrected chi connectivity index (χ2v) is 10.5. The first-order chi connectivity index (χ1) is 16.1. The zero-order valence-electron chi connectivity index (χ0n) is 17.5. The number of pyridine rings is 1.